The van der Waals surface area contributed by atoms with Gasteiger partial charge in [-0.25, -0.2) is 4.79 Å². The molecule has 1 amide bonds. The minimum absolute atomic E-state index is 0.0651. The quantitative estimate of drug-likeness (QED) is 0.731. The van der Waals surface area contributed by atoms with Crippen molar-refractivity contribution in [2.45, 2.75) is 39.5 Å². The van der Waals surface area contributed by atoms with Crippen LogP contribution in [0.1, 0.15) is 48.3 Å². The molecule has 0 saturated heterocycles. The van der Waals surface area contributed by atoms with Crippen LogP contribution in [0.3, 0.4) is 0 Å². The van der Waals surface area contributed by atoms with E-state index >= 15 is 0 Å². The molecule has 1 aromatic heterocycles. The molecule has 0 aromatic carbocycles. The Hall–Kier alpha value is -1.89. The Kier molecular flexibility index (Phi) is 6.87. The van der Waals surface area contributed by atoms with Crippen molar-refractivity contribution in [3.63, 3.8) is 0 Å². The molecule has 7 heteroatoms. The maximum absolute atomic E-state index is 11.8. The molecule has 116 valence electrons. The summed E-state index contributed by atoms with van der Waals surface area (Å²) in [5.74, 6) is -1.98. The van der Waals surface area contributed by atoms with Gasteiger partial charge in [0, 0.05) is 17.3 Å². The van der Waals surface area contributed by atoms with Crippen LogP contribution in [0, 0.1) is 0 Å². The van der Waals surface area contributed by atoms with Gasteiger partial charge in [-0.1, -0.05) is 6.92 Å². The van der Waals surface area contributed by atoms with Crippen molar-refractivity contribution in [3.8, 4) is 0 Å². The Morgan fingerprint density at radius 3 is 2.57 bits per heavy atom. The Balaban J connectivity index is 2.72. The zero-order valence-corrected chi connectivity index (χ0v) is 12.9. The number of carboxylic acids is 1. The maximum atomic E-state index is 11.8. The Bertz CT molecular complexity index is 523. The van der Waals surface area contributed by atoms with E-state index in [-0.39, 0.29) is 31.8 Å². The monoisotopic (exact) mass is 312 g/mol. The average molecular weight is 312 g/mol. The predicted octanol–water partition coefficient (Wildman–Crippen LogP) is 1.35. The van der Waals surface area contributed by atoms with E-state index in [1.807, 2.05) is 6.92 Å². The molecule has 0 radical (unpaired) electrons. The molecule has 21 heavy (non-hydrogen) atoms. The molecule has 0 atom stereocenters. The third kappa shape index (κ3) is 5.55. The van der Waals surface area contributed by atoms with Crippen LogP contribution in [0.5, 0.6) is 0 Å². The third-order valence-electron chi connectivity index (χ3n) is 2.66. The molecule has 0 bridgehead atoms. The SMILES string of the molecule is CCOC(=O)c1cc(CC)sc1NC(=O)CCCC(=O)[O-]. The molecular formula is C14H18NO5S-. The van der Waals surface area contributed by atoms with Crippen molar-refractivity contribution in [3.05, 3.63) is 16.5 Å². The largest absolute Gasteiger partial charge is 0.550 e. The van der Waals surface area contributed by atoms with Crippen molar-refractivity contribution in [2.24, 2.45) is 0 Å². The van der Waals surface area contributed by atoms with Crippen LogP contribution in [0.2, 0.25) is 0 Å². The maximum Gasteiger partial charge on any atom is 0.341 e. The lowest BCUT2D eigenvalue weighted by Crippen LogP contribution is -2.22. The molecule has 0 aliphatic rings. The predicted molar refractivity (Wildman–Crippen MR) is 77.1 cm³/mol. The van der Waals surface area contributed by atoms with Crippen LogP contribution in [-0.4, -0.2) is 24.5 Å². The topological polar surface area (TPSA) is 95.5 Å². The minimum Gasteiger partial charge on any atom is -0.550 e. The van der Waals surface area contributed by atoms with Gasteiger partial charge in [0.1, 0.15) is 5.00 Å². The Labute approximate surface area is 127 Å². The average Bonchev–Trinajstić information content (AvgIpc) is 2.81. The number of carboxylic acid groups (broad SMARTS) is 1. The Morgan fingerprint density at radius 1 is 1.29 bits per heavy atom. The van der Waals surface area contributed by atoms with Gasteiger partial charge in [-0.15, -0.1) is 11.3 Å². The lowest BCUT2D eigenvalue weighted by molar-refractivity contribution is -0.305. The molecule has 1 N–H and O–H groups in total. The number of rotatable bonds is 8. The first kappa shape index (κ1) is 17.2. The van der Waals surface area contributed by atoms with Crippen molar-refractivity contribution in [1.82, 2.24) is 0 Å². The second kappa shape index (κ2) is 8.41. The summed E-state index contributed by atoms with van der Waals surface area (Å²) in [6.45, 7) is 3.92. The fourth-order valence-electron chi connectivity index (χ4n) is 1.65. The summed E-state index contributed by atoms with van der Waals surface area (Å²) < 4.78 is 4.95. The van der Waals surface area contributed by atoms with Gasteiger partial charge in [-0.3, -0.25) is 4.79 Å². The highest BCUT2D eigenvalue weighted by Gasteiger charge is 2.18. The summed E-state index contributed by atoms with van der Waals surface area (Å²) in [6, 6.07) is 1.71. The number of esters is 1. The number of hydrogen-bond donors (Lipinski definition) is 1. The summed E-state index contributed by atoms with van der Waals surface area (Å²) in [7, 11) is 0. The van der Waals surface area contributed by atoms with Gasteiger partial charge < -0.3 is 20.0 Å². The van der Waals surface area contributed by atoms with Crippen molar-refractivity contribution >= 4 is 34.2 Å². The van der Waals surface area contributed by atoms with Crippen molar-refractivity contribution in [1.29, 1.82) is 0 Å². The van der Waals surface area contributed by atoms with Gasteiger partial charge in [0.05, 0.1) is 12.2 Å². The number of carbonyl (C=O) groups excluding carboxylic acids is 3. The highest BCUT2D eigenvalue weighted by Crippen LogP contribution is 2.29. The normalized spacial score (nSPS) is 10.2. The molecular weight excluding hydrogens is 294 g/mol. The summed E-state index contributed by atoms with van der Waals surface area (Å²) >= 11 is 1.32. The summed E-state index contributed by atoms with van der Waals surface area (Å²) in [5.41, 5.74) is 0.340. The van der Waals surface area contributed by atoms with Gasteiger partial charge in [0.15, 0.2) is 0 Å². The van der Waals surface area contributed by atoms with Gasteiger partial charge in [0.25, 0.3) is 0 Å². The number of aliphatic carboxylic acids is 1. The molecule has 1 heterocycles. The molecule has 0 aliphatic heterocycles. The minimum atomic E-state index is -1.18. The second-order valence-corrected chi connectivity index (χ2v) is 5.44. The number of ether oxygens (including phenoxy) is 1. The molecule has 1 aromatic rings. The van der Waals surface area contributed by atoms with Gasteiger partial charge in [0.2, 0.25) is 5.91 Å². The van der Waals surface area contributed by atoms with Crippen LogP contribution >= 0.6 is 11.3 Å². The van der Waals surface area contributed by atoms with Gasteiger partial charge in [-0.2, -0.15) is 0 Å². The van der Waals surface area contributed by atoms with Crippen LogP contribution in [0.25, 0.3) is 0 Å². The first-order valence-corrected chi connectivity index (χ1v) is 7.59. The standard InChI is InChI=1S/C14H19NO5S/c1-3-9-8-10(14(19)20-4-2)13(21-9)15-11(16)6-5-7-12(17)18/h8H,3-7H2,1-2H3,(H,15,16)(H,17,18)/p-1. The lowest BCUT2D eigenvalue weighted by Gasteiger charge is -2.06. The van der Waals surface area contributed by atoms with Gasteiger partial charge in [-0.05, 0) is 32.3 Å². The summed E-state index contributed by atoms with van der Waals surface area (Å²) in [6.07, 6.45) is 0.852. The molecule has 1 rings (SSSR count). The Morgan fingerprint density at radius 2 is 2.00 bits per heavy atom. The molecule has 0 aliphatic carbocycles. The van der Waals surface area contributed by atoms with E-state index in [1.165, 1.54) is 11.3 Å². The van der Waals surface area contributed by atoms with E-state index in [9.17, 15) is 19.5 Å². The van der Waals surface area contributed by atoms with E-state index in [2.05, 4.69) is 5.32 Å². The fraction of sp³-hybridized carbons (Fsp3) is 0.500. The first-order valence-electron chi connectivity index (χ1n) is 6.77. The van der Waals surface area contributed by atoms with E-state index < -0.39 is 11.9 Å². The number of anilines is 1. The highest BCUT2D eigenvalue weighted by atomic mass is 32.1. The van der Waals surface area contributed by atoms with E-state index in [0.29, 0.717) is 10.6 Å². The van der Waals surface area contributed by atoms with Crippen LogP contribution in [0.15, 0.2) is 6.07 Å². The van der Waals surface area contributed by atoms with Crippen LogP contribution in [0.4, 0.5) is 5.00 Å². The summed E-state index contributed by atoms with van der Waals surface area (Å²) in [4.78, 5) is 34.8. The van der Waals surface area contributed by atoms with E-state index in [0.717, 1.165) is 11.3 Å². The molecule has 6 nitrogen and oxygen atoms in total. The third-order valence-corrected chi connectivity index (χ3v) is 3.86. The number of thiophene rings is 1. The van der Waals surface area contributed by atoms with Crippen LogP contribution in [-0.2, 0) is 20.7 Å². The number of hydrogen-bond acceptors (Lipinski definition) is 6. The summed E-state index contributed by atoms with van der Waals surface area (Å²) in [5, 5.41) is 13.4. The lowest BCUT2D eigenvalue weighted by atomic mass is 10.2. The van der Waals surface area contributed by atoms with E-state index in [1.54, 1.807) is 13.0 Å². The van der Waals surface area contributed by atoms with E-state index in [4.69, 9.17) is 4.74 Å². The molecule has 0 saturated carbocycles. The van der Waals surface area contributed by atoms with Crippen molar-refractivity contribution in [2.75, 3.05) is 11.9 Å². The number of carbonyl (C=O) groups is 3. The number of amides is 1. The molecule has 0 unspecified atom stereocenters. The fourth-order valence-corrected chi connectivity index (χ4v) is 2.65. The molecule has 0 spiro atoms. The molecule has 0 fully saturated rings. The van der Waals surface area contributed by atoms with Crippen LogP contribution < -0.4 is 10.4 Å². The highest BCUT2D eigenvalue weighted by molar-refractivity contribution is 7.16. The number of nitrogens with one attached hydrogen (secondary N) is 1. The van der Waals surface area contributed by atoms with Crippen molar-refractivity contribution < 1.29 is 24.2 Å². The zero-order valence-electron chi connectivity index (χ0n) is 12.1. The van der Waals surface area contributed by atoms with Gasteiger partial charge >= 0.3 is 5.97 Å². The smallest absolute Gasteiger partial charge is 0.341 e. The zero-order chi connectivity index (χ0) is 15.8. The second-order valence-electron chi connectivity index (χ2n) is 4.30. The number of aryl methyl sites for hydroxylation is 1. The first-order chi connectivity index (χ1) is 9.97.